The van der Waals surface area contributed by atoms with Crippen LogP contribution in [-0.4, -0.2) is 23.1 Å². The molecule has 46 heavy (non-hydrogen) atoms. The number of aliphatic carboxylic acids is 1. The topological polar surface area (TPSA) is 63.6 Å². The number of carbonyl (C=O) groups is 2. The maximum Gasteiger partial charge on any atom is 0.306 e. The molecule has 1 N–H and O–H groups in total. The smallest absolute Gasteiger partial charge is 0.306 e. The molecule has 0 aromatic carbocycles. The van der Waals surface area contributed by atoms with Gasteiger partial charge in [-0.25, -0.2) is 0 Å². The van der Waals surface area contributed by atoms with Crippen molar-refractivity contribution in [2.75, 3.05) is 0 Å². The summed E-state index contributed by atoms with van der Waals surface area (Å²) in [6, 6.07) is 0. The van der Waals surface area contributed by atoms with E-state index in [1.807, 2.05) is 0 Å². The Morgan fingerprint density at radius 3 is 2.24 bits per heavy atom. The third-order valence-electron chi connectivity index (χ3n) is 13.6. The number of fused-ring (bicyclic) bond motifs is 5. The van der Waals surface area contributed by atoms with Gasteiger partial charge in [-0.3, -0.25) is 9.59 Å². The van der Waals surface area contributed by atoms with Gasteiger partial charge in [0.05, 0.1) is 0 Å². The first-order chi connectivity index (χ1) is 22.2. The van der Waals surface area contributed by atoms with Gasteiger partial charge in [0.2, 0.25) is 0 Å². The lowest BCUT2D eigenvalue weighted by molar-refractivity contribution is -0.151. The Morgan fingerprint density at radius 1 is 0.870 bits per heavy atom. The minimum absolute atomic E-state index is 0.0166. The van der Waals surface area contributed by atoms with E-state index in [0.29, 0.717) is 30.1 Å². The number of carbonyl (C=O) groups excluding carboxylic acids is 1. The Balaban J connectivity index is 1.12. The van der Waals surface area contributed by atoms with Crippen molar-refractivity contribution >= 4 is 11.9 Å². The van der Waals surface area contributed by atoms with Crippen molar-refractivity contribution in [3.63, 3.8) is 0 Å². The van der Waals surface area contributed by atoms with Gasteiger partial charge in [0.25, 0.3) is 0 Å². The predicted octanol–water partition coefficient (Wildman–Crippen LogP) is 12.0. The molecule has 0 spiro atoms. The zero-order chi connectivity index (χ0) is 33.0. The third-order valence-corrected chi connectivity index (χ3v) is 13.6. The first-order valence-electron chi connectivity index (χ1n) is 19.9. The number of allylic oxidation sites excluding steroid dienone is 3. The molecule has 0 saturated heterocycles. The summed E-state index contributed by atoms with van der Waals surface area (Å²) in [4.78, 5) is 24.0. The van der Waals surface area contributed by atoms with Crippen LogP contribution in [0.2, 0.25) is 0 Å². The highest BCUT2D eigenvalue weighted by atomic mass is 16.5. The Morgan fingerprint density at radius 2 is 1.54 bits per heavy atom. The van der Waals surface area contributed by atoms with Crippen LogP contribution >= 0.6 is 0 Å². The fourth-order valence-electron chi connectivity index (χ4n) is 10.8. The van der Waals surface area contributed by atoms with E-state index < -0.39 is 5.97 Å². The van der Waals surface area contributed by atoms with E-state index in [4.69, 9.17) is 4.74 Å². The van der Waals surface area contributed by atoms with Crippen LogP contribution in [-0.2, 0) is 14.3 Å². The number of ether oxygens (including phenoxy) is 1. The second-order valence-electron chi connectivity index (χ2n) is 16.6. The first kappa shape index (κ1) is 37.2. The van der Waals surface area contributed by atoms with Crippen LogP contribution in [0, 0.1) is 40.4 Å². The van der Waals surface area contributed by atoms with E-state index >= 15 is 0 Å². The van der Waals surface area contributed by atoms with Gasteiger partial charge in [0.15, 0.2) is 0 Å². The van der Waals surface area contributed by atoms with Crippen molar-refractivity contribution < 1.29 is 19.4 Å². The zero-order valence-corrected chi connectivity index (χ0v) is 30.3. The van der Waals surface area contributed by atoms with E-state index in [1.54, 1.807) is 5.57 Å². The minimum Gasteiger partial charge on any atom is -0.481 e. The summed E-state index contributed by atoms with van der Waals surface area (Å²) in [5.74, 6) is 2.77. The lowest BCUT2D eigenvalue weighted by Crippen LogP contribution is -2.51. The molecule has 262 valence electrons. The molecule has 0 amide bonds. The van der Waals surface area contributed by atoms with Crippen LogP contribution in [0.5, 0.6) is 0 Å². The quantitative estimate of drug-likeness (QED) is 0.0818. The number of carboxylic acid groups (broad SMARTS) is 1. The van der Waals surface area contributed by atoms with Crippen LogP contribution in [0.4, 0.5) is 0 Å². The largest absolute Gasteiger partial charge is 0.481 e. The molecular weight excluding hydrogens is 568 g/mol. The average molecular weight is 639 g/mol. The van der Waals surface area contributed by atoms with Gasteiger partial charge < -0.3 is 9.84 Å². The summed E-state index contributed by atoms with van der Waals surface area (Å²) < 4.78 is 6.08. The SMILES string of the molecule is CCCCCCCC/C=C\CCCCCCCC(=O)O[C@H]1CC[C@@]2(C)C(=CC[C@H]3C4CCC([C@H](C)CCC(=O)O)[C@@]4(C)CCC32)C1. The standard InChI is InChI=1S/C42H70O4/c1-5-6-7-8-9-10-11-12-13-14-15-16-17-18-19-20-40(45)46-34-27-29-41(3)33(31-34)22-23-35-37-25-24-36(32(2)21-26-39(43)44)42(37,4)30-28-38(35)41/h12-13,22,32,34-38H,5-11,14-21,23-31H2,1-4H3,(H,43,44)/b13-12-/t32-,34+,35+,36?,37?,38?,41+,42-/m1/s1. The van der Waals surface area contributed by atoms with E-state index in [-0.39, 0.29) is 17.5 Å². The van der Waals surface area contributed by atoms with Gasteiger partial charge in [-0.1, -0.05) is 103 Å². The maximum atomic E-state index is 12.8. The Bertz CT molecular complexity index is 1010. The van der Waals surface area contributed by atoms with Crippen molar-refractivity contribution in [2.45, 2.75) is 188 Å². The summed E-state index contributed by atoms with van der Waals surface area (Å²) in [7, 11) is 0. The summed E-state index contributed by atoms with van der Waals surface area (Å²) in [6.45, 7) is 9.67. The molecule has 4 rings (SSSR count). The van der Waals surface area contributed by atoms with Crippen LogP contribution in [0.25, 0.3) is 0 Å². The highest BCUT2D eigenvalue weighted by molar-refractivity contribution is 5.69. The molecule has 0 aliphatic heterocycles. The number of rotatable bonds is 20. The van der Waals surface area contributed by atoms with Crippen molar-refractivity contribution in [3.8, 4) is 0 Å². The van der Waals surface area contributed by atoms with E-state index in [0.717, 1.165) is 56.3 Å². The van der Waals surface area contributed by atoms with Crippen molar-refractivity contribution in [1.82, 2.24) is 0 Å². The molecule has 0 bridgehead atoms. The number of hydrogen-bond donors (Lipinski definition) is 1. The normalized spacial score (nSPS) is 32.8. The second kappa shape index (κ2) is 18.3. The molecular formula is C42H70O4. The molecule has 0 radical (unpaired) electrons. The molecule has 3 saturated carbocycles. The fraction of sp³-hybridized carbons (Fsp3) is 0.857. The van der Waals surface area contributed by atoms with Crippen LogP contribution in [0.15, 0.2) is 23.8 Å². The van der Waals surface area contributed by atoms with Crippen molar-refractivity contribution in [1.29, 1.82) is 0 Å². The monoisotopic (exact) mass is 639 g/mol. The number of hydrogen-bond acceptors (Lipinski definition) is 3. The summed E-state index contributed by atoms with van der Waals surface area (Å²) in [5, 5.41) is 9.25. The van der Waals surface area contributed by atoms with Crippen LogP contribution in [0.3, 0.4) is 0 Å². The second-order valence-corrected chi connectivity index (χ2v) is 16.6. The molecule has 0 heterocycles. The summed E-state index contributed by atoms with van der Waals surface area (Å²) >= 11 is 0. The molecule has 4 aliphatic rings. The lowest BCUT2D eigenvalue weighted by atomic mass is 9.47. The average Bonchev–Trinajstić information content (AvgIpc) is 3.39. The van der Waals surface area contributed by atoms with Gasteiger partial charge >= 0.3 is 11.9 Å². The molecule has 3 unspecified atom stereocenters. The van der Waals surface area contributed by atoms with Gasteiger partial charge in [-0.05, 0) is 124 Å². The molecule has 4 aliphatic carbocycles. The molecule has 0 aromatic heterocycles. The van der Waals surface area contributed by atoms with Gasteiger partial charge in [0.1, 0.15) is 6.10 Å². The summed E-state index contributed by atoms with van der Waals surface area (Å²) in [6.07, 6.45) is 35.0. The molecule has 3 fully saturated rings. The molecule has 4 nitrogen and oxygen atoms in total. The van der Waals surface area contributed by atoms with Gasteiger partial charge in [-0.2, -0.15) is 0 Å². The minimum atomic E-state index is -0.655. The number of carboxylic acids is 1. The Kier molecular flexibility index (Phi) is 14.8. The predicted molar refractivity (Wildman–Crippen MR) is 191 cm³/mol. The Hall–Kier alpha value is -1.58. The molecule has 0 aromatic rings. The number of unbranched alkanes of at least 4 members (excludes halogenated alkanes) is 11. The third kappa shape index (κ3) is 9.74. The van der Waals surface area contributed by atoms with Crippen LogP contribution in [0.1, 0.15) is 182 Å². The van der Waals surface area contributed by atoms with Crippen molar-refractivity contribution in [3.05, 3.63) is 23.8 Å². The lowest BCUT2D eigenvalue weighted by Gasteiger charge is -2.58. The van der Waals surface area contributed by atoms with E-state index in [1.165, 1.54) is 103 Å². The number of esters is 1. The Labute approximate surface area is 283 Å². The maximum absolute atomic E-state index is 12.8. The first-order valence-corrected chi connectivity index (χ1v) is 19.9. The zero-order valence-electron chi connectivity index (χ0n) is 30.3. The molecule has 4 heteroatoms. The molecule has 8 atom stereocenters. The van der Waals surface area contributed by atoms with Crippen molar-refractivity contribution in [2.24, 2.45) is 40.4 Å². The van der Waals surface area contributed by atoms with Gasteiger partial charge in [0, 0.05) is 19.3 Å². The van der Waals surface area contributed by atoms with E-state index in [9.17, 15) is 14.7 Å². The van der Waals surface area contributed by atoms with Gasteiger partial charge in [-0.15, -0.1) is 0 Å². The van der Waals surface area contributed by atoms with Crippen LogP contribution < -0.4 is 0 Å². The fourth-order valence-corrected chi connectivity index (χ4v) is 10.8. The summed E-state index contributed by atoms with van der Waals surface area (Å²) in [5.41, 5.74) is 2.19. The highest BCUT2D eigenvalue weighted by Crippen LogP contribution is 2.67. The van der Waals surface area contributed by atoms with E-state index in [2.05, 4.69) is 45.9 Å². The highest BCUT2D eigenvalue weighted by Gasteiger charge is 2.59.